The van der Waals surface area contributed by atoms with Crippen molar-refractivity contribution < 1.29 is 0 Å². The molecule has 0 heterocycles. The highest BCUT2D eigenvalue weighted by Gasteiger charge is 1.63. The van der Waals surface area contributed by atoms with Gasteiger partial charge >= 0.3 is 0 Å². The van der Waals surface area contributed by atoms with E-state index in [9.17, 15) is 0 Å². The second-order valence-electron chi connectivity index (χ2n) is 0.955. The van der Waals surface area contributed by atoms with Crippen LogP contribution in [0.1, 0.15) is 6.92 Å². The molecule has 0 unspecified atom stereocenters. The Hall–Kier alpha value is 0.0300. The van der Waals surface area contributed by atoms with Crippen molar-refractivity contribution in [1.29, 1.82) is 0 Å². The lowest BCUT2D eigenvalue weighted by Gasteiger charge is -1.71. The van der Waals surface area contributed by atoms with Crippen LogP contribution >= 0.6 is 11.6 Å². The zero-order valence-electron chi connectivity index (χ0n) is 3.16. The van der Waals surface area contributed by atoms with Gasteiger partial charge in [-0.2, -0.15) is 0 Å². The Labute approximate surface area is 37.4 Å². The van der Waals surface area contributed by atoms with Crippen LogP contribution in [-0.4, -0.2) is 0 Å². The quantitative estimate of drug-likeness (QED) is 0.426. The van der Waals surface area contributed by atoms with Crippen LogP contribution in [0.5, 0.6) is 0 Å². The first-order valence-corrected chi connectivity index (χ1v) is 1.80. The molecule has 0 saturated heterocycles. The van der Waals surface area contributed by atoms with Crippen molar-refractivity contribution >= 4 is 11.6 Å². The second kappa shape index (κ2) is 2.28. The Morgan fingerprint density at radius 3 is 2.20 bits per heavy atom. The molecule has 0 spiro atoms. The van der Waals surface area contributed by atoms with Crippen LogP contribution in [-0.2, 0) is 0 Å². The van der Waals surface area contributed by atoms with E-state index >= 15 is 0 Å². The fourth-order valence-corrected chi connectivity index (χ4v) is 0. The maximum atomic E-state index is 5.11. The van der Waals surface area contributed by atoms with Gasteiger partial charge in [0, 0.05) is 5.54 Å². The van der Waals surface area contributed by atoms with Crippen LogP contribution in [0.4, 0.5) is 0 Å². The molecular weight excluding hydrogens is 83.5 g/mol. The minimum Gasteiger partial charge on any atom is -0.0930 e. The summed E-state index contributed by atoms with van der Waals surface area (Å²) in [4.78, 5) is 0. The van der Waals surface area contributed by atoms with E-state index in [-0.39, 0.29) is 0 Å². The maximum absolute atomic E-state index is 5.11. The lowest BCUT2D eigenvalue weighted by molar-refractivity contribution is 1.56. The molecular formula is C4H6Cl. The molecule has 0 aliphatic carbocycles. The fourth-order valence-electron chi connectivity index (χ4n) is 0. The number of hydrogen-bond acceptors (Lipinski definition) is 0. The van der Waals surface area contributed by atoms with E-state index in [4.69, 9.17) is 11.6 Å². The van der Waals surface area contributed by atoms with E-state index in [1.165, 1.54) is 5.54 Å². The molecule has 0 atom stereocenters. The van der Waals surface area contributed by atoms with E-state index < -0.39 is 0 Å². The predicted octanol–water partition coefficient (Wildman–Crippen LogP) is 1.96. The van der Waals surface area contributed by atoms with Gasteiger partial charge in [0.2, 0.25) is 0 Å². The molecule has 0 aromatic heterocycles. The van der Waals surface area contributed by atoms with Gasteiger partial charge in [0.25, 0.3) is 0 Å². The van der Waals surface area contributed by atoms with Gasteiger partial charge in [-0.25, -0.2) is 0 Å². The molecule has 0 aromatic carbocycles. The monoisotopic (exact) mass is 89.0 g/mol. The third kappa shape index (κ3) is 4.03. The molecule has 29 valence electrons. The van der Waals surface area contributed by atoms with Crippen molar-refractivity contribution in [1.82, 2.24) is 0 Å². The van der Waals surface area contributed by atoms with Crippen LogP contribution in [0.15, 0.2) is 11.1 Å². The molecule has 0 N–H and O–H groups in total. The maximum Gasteiger partial charge on any atom is 0.00318 e. The Kier molecular flexibility index (Phi) is 2.29. The predicted molar refractivity (Wildman–Crippen MR) is 25.0 cm³/mol. The van der Waals surface area contributed by atoms with E-state index in [1.54, 1.807) is 0 Å². The summed E-state index contributed by atoms with van der Waals surface area (Å²) in [7, 11) is 0. The Morgan fingerprint density at radius 1 is 2.00 bits per heavy atom. The summed E-state index contributed by atoms with van der Waals surface area (Å²) in [6, 6.07) is 0. The lowest BCUT2D eigenvalue weighted by atomic mass is 10.4. The van der Waals surface area contributed by atoms with Gasteiger partial charge in [0.1, 0.15) is 0 Å². The molecule has 0 aliphatic heterocycles. The van der Waals surface area contributed by atoms with Gasteiger partial charge in [-0.3, -0.25) is 0 Å². The average molecular weight is 89.5 g/mol. The zero-order chi connectivity index (χ0) is 4.28. The van der Waals surface area contributed by atoms with Crippen molar-refractivity contribution in [3.05, 3.63) is 18.0 Å². The Bertz CT molecular complexity index is 41.6. The number of allylic oxidation sites excluding steroid dienone is 1. The molecule has 0 aromatic rings. The highest BCUT2D eigenvalue weighted by atomic mass is 35.5. The molecule has 0 nitrogen and oxygen atoms in total. The Morgan fingerprint density at radius 2 is 2.20 bits per heavy atom. The molecule has 1 heteroatoms. The van der Waals surface area contributed by atoms with Gasteiger partial charge in [0.15, 0.2) is 0 Å². The van der Waals surface area contributed by atoms with Crippen LogP contribution in [0, 0.1) is 6.92 Å². The first-order chi connectivity index (χ1) is 2.27. The summed E-state index contributed by atoms with van der Waals surface area (Å²) < 4.78 is 0. The standard InChI is InChI=1S/C4H6Cl/c1-4(2)3-5/h3H,1H2,2H3/b4-3-. The smallest absolute Gasteiger partial charge is 0.00318 e. The molecule has 1 radical (unpaired) electrons. The highest BCUT2D eigenvalue weighted by molar-refractivity contribution is 6.25. The van der Waals surface area contributed by atoms with E-state index in [0.717, 1.165) is 5.57 Å². The molecule has 0 rings (SSSR count). The lowest BCUT2D eigenvalue weighted by Crippen LogP contribution is -1.50. The molecule has 0 saturated carbocycles. The third-order valence-electron chi connectivity index (χ3n) is 0.186. The van der Waals surface area contributed by atoms with E-state index in [0.29, 0.717) is 0 Å². The first kappa shape index (κ1) is 5.03. The van der Waals surface area contributed by atoms with Crippen molar-refractivity contribution in [3.8, 4) is 0 Å². The third-order valence-corrected chi connectivity index (χ3v) is 0.559. The summed E-state index contributed by atoms with van der Waals surface area (Å²) in [6.07, 6.45) is 0. The van der Waals surface area contributed by atoms with Crippen molar-refractivity contribution in [3.63, 3.8) is 0 Å². The molecule has 0 amide bonds. The van der Waals surface area contributed by atoms with E-state index in [2.05, 4.69) is 6.92 Å². The summed E-state index contributed by atoms with van der Waals surface area (Å²) in [5, 5.41) is 0. The van der Waals surface area contributed by atoms with Crippen molar-refractivity contribution in [2.24, 2.45) is 0 Å². The summed E-state index contributed by atoms with van der Waals surface area (Å²) in [5.74, 6) is 0. The number of halogens is 1. The van der Waals surface area contributed by atoms with Gasteiger partial charge < -0.3 is 0 Å². The SMILES string of the molecule is [CH2]/C(C)=C/Cl. The topological polar surface area (TPSA) is 0 Å². The number of rotatable bonds is 0. The fraction of sp³-hybridized carbons (Fsp3) is 0.250. The summed E-state index contributed by atoms with van der Waals surface area (Å²) in [6.45, 7) is 5.33. The van der Waals surface area contributed by atoms with E-state index in [1.807, 2.05) is 6.92 Å². The largest absolute Gasteiger partial charge is 0.0930 e. The minimum atomic E-state index is 0.895. The molecule has 0 bridgehead atoms. The molecule has 0 aliphatic rings. The van der Waals surface area contributed by atoms with Gasteiger partial charge in [-0.1, -0.05) is 17.2 Å². The zero-order valence-corrected chi connectivity index (χ0v) is 3.92. The van der Waals surface area contributed by atoms with Crippen LogP contribution in [0.2, 0.25) is 0 Å². The normalized spacial score (nSPS) is 12.2. The van der Waals surface area contributed by atoms with Crippen molar-refractivity contribution in [2.75, 3.05) is 0 Å². The summed E-state index contributed by atoms with van der Waals surface area (Å²) >= 11 is 5.11. The highest BCUT2D eigenvalue weighted by Crippen LogP contribution is 1.87. The van der Waals surface area contributed by atoms with Crippen LogP contribution < -0.4 is 0 Å². The van der Waals surface area contributed by atoms with Crippen LogP contribution in [0.25, 0.3) is 0 Å². The molecule has 0 fully saturated rings. The van der Waals surface area contributed by atoms with Crippen molar-refractivity contribution in [2.45, 2.75) is 6.92 Å². The van der Waals surface area contributed by atoms with Gasteiger partial charge in [-0.05, 0) is 13.8 Å². The minimum absolute atomic E-state index is 0.895. The second-order valence-corrected chi connectivity index (χ2v) is 1.17. The average Bonchev–Trinajstić information content (AvgIpc) is 1.38. The Balaban J connectivity index is 3.14. The van der Waals surface area contributed by atoms with Gasteiger partial charge in [0.05, 0.1) is 0 Å². The van der Waals surface area contributed by atoms with Gasteiger partial charge in [-0.15, -0.1) is 0 Å². The van der Waals surface area contributed by atoms with Crippen LogP contribution in [0.3, 0.4) is 0 Å². The number of hydrogen-bond donors (Lipinski definition) is 0. The molecule has 5 heavy (non-hydrogen) atoms. The first-order valence-electron chi connectivity index (χ1n) is 1.36. The summed E-state index contributed by atoms with van der Waals surface area (Å²) in [5.41, 5.74) is 2.34.